The Morgan fingerprint density at radius 3 is 2.60 bits per heavy atom. The first-order valence-corrected chi connectivity index (χ1v) is 8.86. The average molecular weight is 343 g/mol. The number of anilines is 2. The fourth-order valence-electron chi connectivity index (χ4n) is 3.30. The number of esters is 1. The van der Waals surface area contributed by atoms with Crippen LogP contribution in [0.5, 0.6) is 0 Å². The van der Waals surface area contributed by atoms with Crippen LogP contribution in [0.2, 0.25) is 0 Å². The molecule has 3 rings (SSSR count). The molecule has 0 atom stereocenters. The molecular weight excluding hydrogens is 318 g/mol. The molecule has 0 bridgehead atoms. The summed E-state index contributed by atoms with van der Waals surface area (Å²) < 4.78 is 5.14. The van der Waals surface area contributed by atoms with Gasteiger partial charge in [0.2, 0.25) is 0 Å². The van der Waals surface area contributed by atoms with Crippen LogP contribution < -0.4 is 5.32 Å². The molecule has 134 valence electrons. The van der Waals surface area contributed by atoms with E-state index in [1.165, 1.54) is 0 Å². The van der Waals surface area contributed by atoms with E-state index in [0.29, 0.717) is 6.61 Å². The van der Waals surface area contributed by atoms with Crippen LogP contribution in [0.3, 0.4) is 0 Å². The van der Waals surface area contributed by atoms with Gasteiger partial charge in [-0.1, -0.05) is 0 Å². The predicted molar refractivity (Wildman–Crippen MR) is 94.7 cm³/mol. The number of H-pyrrole nitrogens is 1. The Labute approximate surface area is 147 Å². The number of nitrogens with one attached hydrogen (secondary N) is 2. The number of carbonyl (C=O) groups is 1. The van der Waals surface area contributed by atoms with Crippen molar-refractivity contribution in [2.45, 2.75) is 52.4 Å². The van der Waals surface area contributed by atoms with Gasteiger partial charge in [0.15, 0.2) is 5.82 Å². The molecular formula is C18H25N5O2. The number of ether oxygens (including phenoxy) is 1. The van der Waals surface area contributed by atoms with E-state index < -0.39 is 0 Å². The summed E-state index contributed by atoms with van der Waals surface area (Å²) in [5.41, 5.74) is 1.91. The van der Waals surface area contributed by atoms with Crippen molar-refractivity contribution in [2.75, 3.05) is 11.9 Å². The third-order valence-corrected chi connectivity index (χ3v) is 4.55. The maximum atomic E-state index is 11.9. The molecule has 25 heavy (non-hydrogen) atoms. The molecule has 2 heterocycles. The quantitative estimate of drug-likeness (QED) is 0.808. The third kappa shape index (κ3) is 4.35. The van der Waals surface area contributed by atoms with Gasteiger partial charge in [-0.3, -0.25) is 9.89 Å². The highest BCUT2D eigenvalue weighted by molar-refractivity contribution is 5.72. The number of rotatable bonds is 5. The summed E-state index contributed by atoms with van der Waals surface area (Å²) in [7, 11) is 0. The van der Waals surface area contributed by atoms with Crippen LogP contribution in [0, 0.1) is 19.8 Å². The van der Waals surface area contributed by atoms with Crippen LogP contribution in [0.25, 0.3) is 0 Å². The zero-order valence-electron chi connectivity index (χ0n) is 15.0. The van der Waals surface area contributed by atoms with Crippen LogP contribution in [-0.2, 0) is 9.53 Å². The largest absolute Gasteiger partial charge is 0.466 e. The first-order valence-electron chi connectivity index (χ1n) is 8.86. The lowest BCUT2D eigenvalue weighted by Gasteiger charge is -2.26. The molecule has 0 amide bonds. The third-order valence-electron chi connectivity index (χ3n) is 4.55. The molecule has 0 spiro atoms. The molecule has 2 N–H and O–H groups in total. The molecule has 1 fully saturated rings. The SMILES string of the molecule is CCOC(=O)C1CCC(c2nc(C)cc(Nc3cc(C)[nH]n3)n2)CC1. The molecule has 7 nitrogen and oxygen atoms in total. The second kappa shape index (κ2) is 7.63. The summed E-state index contributed by atoms with van der Waals surface area (Å²) in [5, 5.41) is 10.3. The van der Waals surface area contributed by atoms with Crippen LogP contribution in [0.15, 0.2) is 12.1 Å². The Morgan fingerprint density at radius 1 is 1.20 bits per heavy atom. The van der Waals surface area contributed by atoms with Gasteiger partial charge in [0.05, 0.1) is 12.5 Å². The molecule has 1 aliphatic rings. The van der Waals surface area contributed by atoms with Gasteiger partial charge >= 0.3 is 5.97 Å². The van der Waals surface area contributed by atoms with E-state index in [2.05, 4.69) is 25.5 Å². The second-order valence-electron chi connectivity index (χ2n) is 6.61. The van der Waals surface area contributed by atoms with Crippen LogP contribution in [0.1, 0.15) is 55.7 Å². The minimum Gasteiger partial charge on any atom is -0.466 e. The van der Waals surface area contributed by atoms with Crippen LogP contribution >= 0.6 is 0 Å². The Kier molecular flexibility index (Phi) is 5.31. The van der Waals surface area contributed by atoms with Gasteiger partial charge in [-0.15, -0.1) is 0 Å². The normalized spacial score (nSPS) is 20.3. The fourth-order valence-corrected chi connectivity index (χ4v) is 3.30. The summed E-state index contributed by atoms with van der Waals surface area (Å²) in [4.78, 5) is 21.2. The zero-order valence-corrected chi connectivity index (χ0v) is 15.0. The number of aromatic amines is 1. The maximum absolute atomic E-state index is 11.9. The second-order valence-corrected chi connectivity index (χ2v) is 6.61. The number of hydrogen-bond acceptors (Lipinski definition) is 6. The fraction of sp³-hybridized carbons (Fsp3) is 0.556. The predicted octanol–water partition coefficient (Wildman–Crippen LogP) is 3.40. The lowest BCUT2D eigenvalue weighted by molar-refractivity contribution is -0.149. The molecule has 0 saturated heterocycles. The monoisotopic (exact) mass is 343 g/mol. The van der Waals surface area contributed by atoms with Gasteiger partial charge in [0.1, 0.15) is 11.6 Å². The smallest absolute Gasteiger partial charge is 0.308 e. The van der Waals surface area contributed by atoms with Crippen LogP contribution in [-0.4, -0.2) is 32.7 Å². The van der Waals surface area contributed by atoms with Gasteiger partial charge in [0, 0.05) is 29.4 Å². The molecule has 0 unspecified atom stereocenters. The topological polar surface area (TPSA) is 92.8 Å². The summed E-state index contributed by atoms with van der Waals surface area (Å²) >= 11 is 0. The van der Waals surface area contributed by atoms with E-state index in [-0.39, 0.29) is 17.8 Å². The Hall–Kier alpha value is -2.44. The van der Waals surface area contributed by atoms with Gasteiger partial charge in [0.25, 0.3) is 0 Å². The first kappa shape index (κ1) is 17.4. The van der Waals surface area contributed by atoms with Crippen molar-refractivity contribution in [3.05, 3.63) is 29.3 Å². The van der Waals surface area contributed by atoms with Gasteiger partial charge in [-0.2, -0.15) is 5.10 Å². The Balaban J connectivity index is 1.67. The van der Waals surface area contributed by atoms with Crippen molar-refractivity contribution in [1.29, 1.82) is 0 Å². The number of aromatic nitrogens is 4. The number of nitrogens with zero attached hydrogens (tertiary/aromatic N) is 3. The molecule has 0 aromatic carbocycles. The van der Waals surface area contributed by atoms with Crippen LogP contribution in [0.4, 0.5) is 11.6 Å². The molecule has 1 saturated carbocycles. The first-order chi connectivity index (χ1) is 12.0. The highest BCUT2D eigenvalue weighted by Crippen LogP contribution is 2.35. The lowest BCUT2D eigenvalue weighted by Crippen LogP contribution is -2.24. The number of aryl methyl sites for hydroxylation is 2. The molecule has 7 heteroatoms. The lowest BCUT2D eigenvalue weighted by atomic mass is 9.81. The zero-order chi connectivity index (χ0) is 17.8. The number of hydrogen-bond donors (Lipinski definition) is 2. The molecule has 0 aliphatic heterocycles. The van der Waals surface area contributed by atoms with Crippen molar-refractivity contribution >= 4 is 17.6 Å². The van der Waals surface area contributed by atoms with Gasteiger partial charge in [-0.25, -0.2) is 9.97 Å². The standard InChI is InChI=1S/C18H25N5O2/c1-4-25-18(24)14-7-5-13(6-8-14)17-19-11(2)9-15(21-17)20-16-10-12(3)22-23-16/h9-10,13-14H,4-8H2,1-3H3,(H2,19,20,21,22,23). The van der Waals surface area contributed by atoms with E-state index in [1.807, 2.05) is 32.9 Å². The Bertz CT molecular complexity index is 735. The van der Waals surface area contributed by atoms with Crippen molar-refractivity contribution in [3.63, 3.8) is 0 Å². The molecule has 2 aromatic heterocycles. The summed E-state index contributed by atoms with van der Waals surface area (Å²) in [6.07, 6.45) is 3.49. The highest BCUT2D eigenvalue weighted by Gasteiger charge is 2.29. The van der Waals surface area contributed by atoms with E-state index in [1.54, 1.807) is 0 Å². The molecule has 2 aromatic rings. The maximum Gasteiger partial charge on any atom is 0.308 e. The van der Waals surface area contributed by atoms with Crippen molar-refractivity contribution in [2.24, 2.45) is 5.92 Å². The van der Waals surface area contributed by atoms with E-state index in [4.69, 9.17) is 4.74 Å². The van der Waals surface area contributed by atoms with E-state index >= 15 is 0 Å². The van der Waals surface area contributed by atoms with E-state index in [0.717, 1.165) is 54.5 Å². The summed E-state index contributed by atoms with van der Waals surface area (Å²) in [6.45, 7) is 6.22. The summed E-state index contributed by atoms with van der Waals surface area (Å²) in [6, 6.07) is 3.85. The van der Waals surface area contributed by atoms with Crippen molar-refractivity contribution < 1.29 is 9.53 Å². The van der Waals surface area contributed by atoms with Gasteiger partial charge in [-0.05, 0) is 46.5 Å². The van der Waals surface area contributed by atoms with Gasteiger partial charge < -0.3 is 10.1 Å². The minimum absolute atomic E-state index is 0.0191. The van der Waals surface area contributed by atoms with Crippen molar-refractivity contribution in [1.82, 2.24) is 20.2 Å². The molecule has 0 radical (unpaired) electrons. The minimum atomic E-state index is -0.0673. The average Bonchev–Trinajstić information content (AvgIpc) is 2.99. The number of carbonyl (C=O) groups excluding carboxylic acids is 1. The molecule has 1 aliphatic carbocycles. The highest BCUT2D eigenvalue weighted by atomic mass is 16.5. The summed E-state index contributed by atoms with van der Waals surface area (Å²) in [5.74, 6) is 2.58. The Morgan fingerprint density at radius 2 is 1.96 bits per heavy atom. The van der Waals surface area contributed by atoms with E-state index in [9.17, 15) is 4.79 Å². The van der Waals surface area contributed by atoms with Crippen molar-refractivity contribution in [3.8, 4) is 0 Å².